The van der Waals surface area contributed by atoms with E-state index in [1.165, 1.54) is 24.3 Å². The van der Waals surface area contributed by atoms with Gasteiger partial charge in [-0.2, -0.15) is 5.10 Å². The monoisotopic (exact) mass is 372 g/mol. The lowest BCUT2D eigenvalue weighted by Gasteiger charge is -2.07. The Balaban J connectivity index is 1.51. The number of non-ortho nitro benzene ring substituents is 1. The second kappa shape index (κ2) is 7.32. The Labute approximate surface area is 160 Å². The molecule has 0 aliphatic carbocycles. The zero-order chi connectivity index (χ0) is 19.5. The molecule has 138 valence electrons. The molecule has 0 bridgehead atoms. The highest BCUT2D eigenvalue weighted by molar-refractivity contribution is 6.04. The lowest BCUT2D eigenvalue weighted by molar-refractivity contribution is -0.384. The number of carbonyl (C=O) groups is 1. The normalized spacial score (nSPS) is 10.7. The number of anilines is 1. The average molecular weight is 372 g/mol. The molecule has 0 fully saturated rings. The lowest BCUT2D eigenvalue weighted by atomic mass is 10.0. The first kappa shape index (κ1) is 17.4. The first-order chi connectivity index (χ1) is 13.6. The number of amides is 1. The molecular weight excluding hydrogens is 356 g/mol. The van der Waals surface area contributed by atoms with E-state index < -0.39 is 10.8 Å². The largest absolute Gasteiger partial charge is 0.305 e. The number of benzene rings is 3. The highest BCUT2D eigenvalue weighted by atomic mass is 16.6. The molecule has 1 N–H and O–H groups in total. The summed E-state index contributed by atoms with van der Waals surface area (Å²) in [7, 11) is 0. The van der Waals surface area contributed by atoms with Crippen LogP contribution in [0.4, 0.5) is 11.5 Å². The van der Waals surface area contributed by atoms with Crippen LogP contribution in [0.1, 0.15) is 15.9 Å². The molecule has 0 radical (unpaired) electrons. The van der Waals surface area contributed by atoms with Crippen molar-refractivity contribution in [2.45, 2.75) is 6.54 Å². The van der Waals surface area contributed by atoms with Crippen LogP contribution in [0.25, 0.3) is 10.8 Å². The SMILES string of the molecule is O=C(Nc1ccn(Cc2cccc3ccccc23)n1)c1cccc([N+](=O)[O-])c1. The number of aromatic nitrogens is 2. The van der Waals surface area contributed by atoms with Gasteiger partial charge in [-0.25, -0.2) is 0 Å². The smallest absolute Gasteiger partial charge is 0.270 e. The first-order valence-electron chi connectivity index (χ1n) is 8.66. The fourth-order valence-corrected chi connectivity index (χ4v) is 3.07. The summed E-state index contributed by atoms with van der Waals surface area (Å²) in [4.78, 5) is 22.7. The van der Waals surface area contributed by atoms with E-state index in [9.17, 15) is 14.9 Å². The fourth-order valence-electron chi connectivity index (χ4n) is 3.07. The molecule has 0 unspecified atom stereocenters. The summed E-state index contributed by atoms with van der Waals surface area (Å²) in [5.41, 5.74) is 1.20. The highest BCUT2D eigenvalue weighted by Crippen LogP contribution is 2.20. The predicted molar refractivity (Wildman–Crippen MR) is 106 cm³/mol. The van der Waals surface area contributed by atoms with Crippen LogP contribution in [0.5, 0.6) is 0 Å². The second-order valence-electron chi connectivity index (χ2n) is 6.30. The summed E-state index contributed by atoms with van der Waals surface area (Å²) in [6.45, 7) is 0.564. The Morgan fingerprint density at radius 1 is 1.04 bits per heavy atom. The average Bonchev–Trinajstić information content (AvgIpc) is 3.15. The quantitative estimate of drug-likeness (QED) is 0.419. The molecule has 0 saturated heterocycles. The molecule has 4 aromatic rings. The van der Waals surface area contributed by atoms with E-state index in [0.29, 0.717) is 12.4 Å². The van der Waals surface area contributed by atoms with E-state index in [4.69, 9.17) is 0 Å². The van der Waals surface area contributed by atoms with Crippen molar-refractivity contribution >= 4 is 28.2 Å². The number of hydrogen-bond donors (Lipinski definition) is 1. The van der Waals surface area contributed by atoms with Crippen molar-refractivity contribution in [1.29, 1.82) is 0 Å². The first-order valence-corrected chi connectivity index (χ1v) is 8.66. The van der Waals surface area contributed by atoms with E-state index in [1.807, 2.05) is 24.3 Å². The molecule has 0 spiro atoms. The Hall–Kier alpha value is -4.00. The van der Waals surface area contributed by atoms with Gasteiger partial charge in [-0.3, -0.25) is 19.6 Å². The van der Waals surface area contributed by atoms with Crippen molar-refractivity contribution in [1.82, 2.24) is 9.78 Å². The number of nitro benzene ring substituents is 1. The number of nitrogens with zero attached hydrogens (tertiary/aromatic N) is 3. The molecule has 28 heavy (non-hydrogen) atoms. The van der Waals surface area contributed by atoms with E-state index >= 15 is 0 Å². The molecule has 1 heterocycles. The van der Waals surface area contributed by atoms with Crippen LogP contribution in [0.15, 0.2) is 79.0 Å². The second-order valence-corrected chi connectivity index (χ2v) is 6.30. The van der Waals surface area contributed by atoms with Crippen molar-refractivity contribution in [2.75, 3.05) is 5.32 Å². The zero-order valence-electron chi connectivity index (χ0n) is 14.8. The van der Waals surface area contributed by atoms with Crippen LogP contribution in [0.3, 0.4) is 0 Å². The molecule has 0 atom stereocenters. The molecule has 4 rings (SSSR count). The lowest BCUT2D eigenvalue weighted by Crippen LogP contribution is -2.13. The number of fused-ring (bicyclic) bond motifs is 1. The molecular formula is C21H16N4O3. The topological polar surface area (TPSA) is 90.1 Å². The van der Waals surface area contributed by atoms with Gasteiger partial charge in [0.15, 0.2) is 5.82 Å². The minimum absolute atomic E-state index is 0.130. The van der Waals surface area contributed by atoms with Crippen LogP contribution >= 0.6 is 0 Å². The Morgan fingerprint density at radius 2 is 1.82 bits per heavy atom. The van der Waals surface area contributed by atoms with Crippen molar-refractivity contribution in [2.24, 2.45) is 0 Å². The number of hydrogen-bond acceptors (Lipinski definition) is 4. The summed E-state index contributed by atoms with van der Waals surface area (Å²) in [6, 6.07) is 21.5. The molecule has 1 aromatic heterocycles. The molecule has 7 heteroatoms. The van der Waals surface area contributed by atoms with Gasteiger partial charge in [0.05, 0.1) is 11.5 Å². The van der Waals surface area contributed by atoms with Gasteiger partial charge in [-0.1, -0.05) is 48.5 Å². The van der Waals surface area contributed by atoms with E-state index in [-0.39, 0.29) is 11.3 Å². The third-order valence-corrected chi connectivity index (χ3v) is 4.41. The minimum atomic E-state index is -0.532. The fraction of sp³-hybridized carbons (Fsp3) is 0.0476. The summed E-state index contributed by atoms with van der Waals surface area (Å²) in [5, 5.41) is 20.2. The Morgan fingerprint density at radius 3 is 2.68 bits per heavy atom. The number of nitrogens with one attached hydrogen (secondary N) is 1. The Kier molecular flexibility index (Phi) is 4.55. The number of nitro groups is 1. The molecule has 0 saturated carbocycles. The molecule has 7 nitrogen and oxygen atoms in total. The van der Waals surface area contributed by atoms with Crippen LogP contribution in [0.2, 0.25) is 0 Å². The standard InChI is InChI=1S/C21H16N4O3/c26-21(16-7-4-9-18(13-16)25(27)28)22-20-11-12-24(23-20)14-17-8-3-6-15-5-1-2-10-19(15)17/h1-13H,14H2,(H,22,23,26). The molecule has 3 aromatic carbocycles. The predicted octanol–water partition coefficient (Wildman–Crippen LogP) is 4.25. The van der Waals surface area contributed by atoms with Gasteiger partial charge >= 0.3 is 0 Å². The van der Waals surface area contributed by atoms with Crippen molar-refractivity contribution in [3.63, 3.8) is 0 Å². The Bertz CT molecular complexity index is 1180. The third kappa shape index (κ3) is 3.59. The third-order valence-electron chi connectivity index (χ3n) is 4.41. The van der Waals surface area contributed by atoms with Gasteiger partial charge in [0.2, 0.25) is 0 Å². The zero-order valence-corrected chi connectivity index (χ0v) is 14.8. The van der Waals surface area contributed by atoms with Crippen LogP contribution in [0, 0.1) is 10.1 Å². The van der Waals surface area contributed by atoms with E-state index in [0.717, 1.165) is 16.3 Å². The van der Waals surface area contributed by atoms with Gasteiger partial charge in [0.1, 0.15) is 0 Å². The maximum absolute atomic E-state index is 12.3. The minimum Gasteiger partial charge on any atom is -0.305 e. The van der Waals surface area contributed by atoms with Crippen molar-refractivity contribution in [3.05, 3.63) is 100 Å². The summed E-state index contributed by atoms with van der Waals surface area (Å²) < 4.78 is 1.74. The number of carbonyl (C=O) groups excluding carboxylic acids is 1. The van der Waals surface area contributed by atoms with Gasteiger partial charge in [-0.15, -0.1) is 0 Å². The van der Waals surface area contributed by atoms with Gasteiger partial charge in [0, 0.05) is 30.0 Å². The molecule has 0 aliphatic heterocycles. The summed E-state index contributed by atoms with van der Waals surface area (Å²) in [5.74, 6) is -0.0594. The van der Waals surface area contributed by atoms with Crippen LogP contribution < -0.4 is 5.32 Å². The van der Waals surface area contributed by atoms with Gasteiger partial charge in [-0.05, 0) is 22.4 Å². The van der Waals surface area contributed by atoms with E-state index in [2.05, 4.69) is 28.6 Å². The van der Waals surface area contributed by atoms with Crippen molar-refractivity contribution in [3.8, 4) is 0 Å². The van der Waals surface area contributed by atoms with Gasteiger partial charge < -0.3 is 5.32 Å². The van der Waals surface area contributed by atoms with E-state index in [1.54, 1.807) is 16.9 Å². The summed E-state index contributed by atoms with van der Waals surface area (Å²) in [6.07, 6.45) is 1.78. The highest BCUT2D eigenvalue weighted by Gasteiger charge is 2.13. The van der Waals surface area contributed by atoms with Crippen LogP contribution in [-0.4, -0.2) is 20.6 Å². The molecule has 1 amide bonds. The van der Waals surface area contributed by atoms with Gasteiger partial charge in [0.25, 0.3) is 11.6 Å². The molecule has 0 aliphatic rings. The number of rotatable bonds is 5. The summed E-state index contributed by atoms with van der Waals surface area (Å²) >= 11 is 0. The van der Waals surface area contributed by atoms with Crippen molar-refractivity contribution < 1.29 is 9.72 Å². The maximum Gasteiger partial charge on any atom is 0.270 e. The maximum atomic E-state index is 12.3. The van der Waals surface area contributed by atoms with Crippen LogP contribution in [-0.2, 0) is 6.54 Å².